The second-order valence-corrected chi connectivity index (χ2v) is 6.69. The first-order valence-electron chi connectivity index (χ1n) is 7.63. The fourth-order valence-corrected chi connectivity index (χ4v) is 3.79. The van der Waals surface area contributed by atoms with Crippen LogP contribution in [0.5, 0.6) is 0 Å². The molecule has 122 valence electrons. The van der Waals surface area contributed by atoms with Gasteiger partial charge in [0.2, 0.25) is 0 Å². The number of carbonyl (C=O) groups is 1. The van der Waals surface area contributed by atoms with Crippen molar-refractivity contribution in [3.8, 4) is 0 Å². The number of ether oxygens (including phenoxy) is 2. The average Bonchev–Trinajstić information content (AvgIpc) is 3.31. The number of thiazole rings is 1. The Morgan fingerprint density at radius 2 is 2.39 bits per heavy atom. The molecule has 1 unspecified atom stereocenters. The molecule has 0 aliphatic carbocycles. The molecule has 0 bridgehead atoms. The second-order valence-electron chi connectivity index (χ2n) is 5.63. The van der Waals surface area contributed by atoms with Crippen LogP contribution in [0.1, 0.15) is 39.7 Å². The molecule has 2 saturated heterocycles. The van der Waals surface area contributed by atoms with Crippen molar-refractivity contribution >= 4 is 17.2 Å². The van der Waals surface area contributed by atoms with E-state index in [9.17, 15) is 4.79 Å². The van der Waals surface area contributed by atoms with Crippen LogP contribution in [-0.2, 0) is 9.47 Å². The molecule has 4 heterocycles. The molecule has 23 heavy (non-hydrogen) atoms. The third-order valence-corrected chi connectivity index (χ3v) is 5.19. The van der Waals surface area contributed by atoms with E-state index in [-0.39, 0.29) is 24.1 Å². The van der Waals surface area contributed by atoms with Crippen molar-refractivity contribution in [2.24, 2.45) is 0 Å². The molecule has 3 atom stereocenters. The van der Waals surface area contributed by atoms with Crippen LogP contribution in [0.4, 0.5) is 0 Å². The third kappa shape index (κ3) is 2.99. The Kier molecular flexibility index (Phi) is 4.06. The highest BCUT2D eigenvalue weighted by atomic mass is 32.1. The highest BCUT2D eigenvalue weighted by molar-refractivity contribution is 7.13. The molecule has 0 saturated carbocycles. The minimum absolute atomic E-state index is 0.0352. The number of amides is 1. The molecule has 0 aromatic carbocycles. The SMILES string of the molecule is O=C(N[C@H]1COC[C@H]1n1ccnn1)c1cnc(C2CCCO2)s1. The van der Waals surface area contributed by atoms with E-state index >= 15 is 0 Å². The van der Waals surface area contributed by atoms with Gasteiger partial charge < -0.3 is 14.8 Å². The number of nitrogens with zero attached hydrogens (tertiary/aromatic N) is 4. The van der Waals surface area contributed by atoms with Crippen LogP contribution in [0.2, 0.25) is 0 Å². The number of hydrogen-bond donors (Lipinski definition) is 1. The van der Waals surface area contributed by atoms with Gasteiger partial charge in [-0.15, -0.1) is 16.4 Å². The molecular formula is C14H17N5O3S. The number of rotatable bonds is 4. The number of nitrogens with one attached hydrogen (secondary N) is 1. The minimum atomic E-state index is -0.132. The first-order valence-corrected chi connectivity index (χ1v) is 8.44. The van der Waals surface area contributed by atoms with E-state index in [1.807, 2.05) is 0 Å². The summed E-state index contributed by atoms with van der Waals surface area (Å²) in [7, 11) is 0. The van der Waals surface area contributed by atoms with Crippen LogP contribution in [0.15, 0.2) is 18.6 Å². The maximum absolute atomic E-state index is 12.5. The standard InChI is InChI=1S/C14H17N5O3S/c20-13(12-6-15-14(23-12)11-2-1-5-22-11)17-9-7-21-8-10(9)19-4-3-16-18-19/h3-4,6,9-11H,1-2,5,7-8H2,(H,17,20)/t9-,10+,11?/m0/s1. The van der Waals surface area contributed by atoms with Gasteiger partial charge in [0.05, 0.1) is 37.7 Å². The molecule has 8 nitrogen and oxygen atoms in total. The van der Waals surface area contributed by atoms with E-state index in [0.29, 0.717) is 18.1 Å². The maximum Gasteiger partial charge on any atom is 0.263 e. The lowest BCUT2D eigenvalue weighted by molar-refractivity contribution is 0.0928. The predicted octanol–water partition coefficient (Wildman–Crippen LogP) is 0.956. The number of carbonyl (C=O) groups excluding carboxylic acids is 1. The van der Waals surface area contributed by atoms with Gasteiger partial charge in [-0.25, -0.2) is 9.67 Å². The van der Waals surface area contributed by atoms with E-state index in [0.717, 1.165) is 24.5 Å². The molecule has 2 aliphatic heterocycles. The van der Waals surface area contributed by atoms with Gasteiger partial charge in [0.25, 0.3) is 5.91 Å². The quantitative estimate of drug-likeness (QED) is 0.895. The Morgan fingerprint density at radius 3 is 3.17 bits per heavy atom. The molecular weight excluding hydrogens is 318 g/mol. The Hall–Kier alpha value is -1.84. The van der Waals surface area contributed by atoms with Crippen molar-refractivity contribution in [1.82, 2.24) is 25.3 Å². The summed E-state index contributed by atoms with van der Waals surface area (Å²) in [5.74, 6) is -0.132. The van der Waals surface area contributed by atoms with Crippen LogP contribution in [-0.4, -0.2) is 51.7 Å². The summed E-state index contributed by atoms with van der Waals surface area (Å²) in [5, 5.41) is 11.7. The molecule has 2 aromatic heterocycles. The fourth-order valence-electron chi connectivity index (χ4n) is 2.89. The molecule has 4 rings (SSSR count). The summed E-state index contributed by atoms with van der Waals surface area (Å²) < 4.78 is 12.8. The van der Waals surface area contributed by atoms with Crippen LogP contribution in [0.3, 0.4) is 0 Å². The summed E-state index contributed by atoms with van der Waals surface area (Å²) >= 11 is 1.40. The topological polar surface area (TPSA) is 91.2 Å². The molecule has 2 aromatic rings. The Labute approximate surface area is 136 Å². The van der Waals surface area contributed by atoms with E-state index in [2.05, 4.69) is 20.6 Å². The number of aromatic nitrogens is 4. The molecule has 0 radical (unpaired) electrons. The zero-order valence-corrected chi connectivity index (χ0v) is 13.2. The first kappa shape index (κ1) is 14.7. The van der Waals surface area contributed by atoms with Gasteiger partial charge >= 0.3 is 0 Å². The first-order chi connectivity index (χ1) is 11.3. The second kappa shape index (κ2) is 6.34. The van der Waals surface area contributed by atoms with E-state index in [1.54, 1.807) is 23.3 Å². The third-order valence-electron chi connectivity index (χ3n) is 4.10. The molecule has 1 N–H and O–H groups in total. The van der Waals surface area contributed by atoms with Crippen molar-refractivity contribution < 1.29 is 14.3 Å². The summed E-state index contributed by atoms with van der Waals surface area (Å²) in [5.41, 5.74) is 0. The summed E-state index contributed by atoms with van der Waals surface area (Å²) in [6.07, 6.45) is 7.08. The molecule has 9 heteroatoms. The zero-order chi connectivity index (χ0) is 15.6. The van der Waals surface area contributed by atoms with Gasteiger partial charge in [-0.3, -0.25) is 4.79 Å². The lowest BCUT2D eigenvalue weighted by Crippen LogP contribution is -2.40. The maximum atomic E-state index is 12.5. The Morgan fingerprint density at radius 1 is 1.43 bits per heavy atom. The van der Waals surface area contributed by atoms with Gasteiger partial charge in [0, 0.05) is 12.8 Å². The summed E-state index contributed by atoms with van der Waals surface area (Å²) in [4.78, 5) is 17.4. The summed E-state index contributed by atoms with van der Waals surface area (Å²) in [6, 6.07) is -0.163. The van der Waals surface area contributed by atoms with Crippen LogP contribution in [0.25, 0.3) is 0 Å². The normalized spacial score (nSPS) is 27.4. The van der Waals surface area contributed by atoms with Crippen LogP contribution >= 0.6 is 11.3 Å². The summed E-state index contributed by atoms with van der Waals surface area (Å²) in [6.45, 7) is 1.75. The van der Waals surface area contributed by atoms with Gasteiger partial charge in [0.15, 0.2) is 0 Å². The highest BCUT2D eigenvalue weighted by Gasteiger charge is 2.32. The minimum Gasteiger partial charge on any atom is -0.377 e. The van der Waals surface area contributed by atoms with Crippen molar-refractivity contribution in [3.63, 3.8) is 0 Å². The highest BCUT2D eigenvalue weighted by Crippen LogP contribution is 2.31. The van der Waals surface area contributed by atoms with Gasteiger partial charge in [-0.05, 0) is 12.8 Å². The molecule has 2 aliphatic rings. The van der Waals surface area contributed by atoms with Crippen molar-refractivity contribution in [1.29, 1.82) is 0 Å². The van der Waals surface area contributed by atoms with E-state index in [1.165, 1.54) is 11.3 Å². The monoisotopic (exact) mass is 335 g/mol. The van der Waals surface area contributed by atoms with Crippen molar-refractivity contribution in [3.05, 3.63) is 28.5 Å². The smallest absolute Gasteiger partial charge is 0.263 e. The fraction of sp³-hybridized carbons (Fsp3) is 0.571. The molecule has 0 spiro atoms. The number of hydrogen-bond acceptors (Lipinski definition) is 7. The van der Waals surface area contributed by atoms with Crippen LogP contribution < -0.4 is 5.32 Å². The van der Waals surface area contributed by atoms with Crippen LogP contribution in [0, 0.1) is 0 Å². The lowest BCUT2D eigenvalue weighted by atomic mass is 10.1. The molecule has 2 fully saturated rings. The largest absolute Gasteiger partial charge is 0.377 e. The van der Waals surface area contributed by atoms with Gasteiger partial charge in [0.1, 0.15) is 16.0 Å². The van der Waals surface area contributed by atoms with Crippen molar-refractivity contribution in [2.45, 2.75) is 31.0 Å². The average molecular weight is 335 g/mol. The van der Waals surface area contributed by atoms with Gasteiger partial charge in [-0.2, -0.15) is 0 Å². The Balaban J connectivity index is 1.43. The zero-order valence-electron chi connectivity index (χ0n) is 12.4. The Bertz CT molecular complexity index is 668. The van der Waals surface area contributed by atoms with E-state index < -0.39 is 0 Å². The van der Waals surface area contributed by atoms with E-state index in [4.69, 9.17) is 9.47 Å². The predicted molar refractivity (Wildman–Crippen MR) is 81.2 cm³/mol. The van der Waals surface area contributed by atoms with Gasteiger partial charge in [-0.1, -0.05) is 5.21 Å². The lowest BCUT2D eigenvalue weighted by Gasteiger charge is -2.18. The molecule has 1 amide bonds. The van der Waals surface area contributed by atoms with Crippen molar-refractivity contribution in [2.75, 3.05) is 19.8 Å².